The topological polar surface area (TPSA) is 122 Å². The van der Waals surface area contributed by atoms with Crippen LogP contribution in [0, 0.1) is 11.8 Å². The van der Waals surface area contributed by atoms with E-state index in [4.69, 9.17) is 10.8 Å². The maximum atomic E-state index is 12.2. The van der Waals surface area contributed by atoms with Gasteiger partial charge in [-0.3, -0.25) is 9.59 Å². The van der Waals surface area contributed by atoms with Crippen molar-refractivity contribution in [1.82, 2.24) is 5.32 Å². The highest BCUT2D eigenvalue weighted by atomic mass is 16.4. The number of rotatable bonds is 5. The molecule has 2 rings (SSSR count). The molecular formula is C16H21N3O4. The van der Waals surface area contributed by atoms with E-state index in [0.717, 1.165) is 25.7 Å². The predicted octanol–water partition coefficient (Wildman–Crippen LogP) is 1.80. The summed E-state index contributed by atoms with van der Waals surface area (Å²) in [4.78, 5) is 33.7. The Morgan fingerprint density at radius 1 is 1.09 bits per heavy atom. The molecule has 124 valence electrons. The lowest BCUT2D eigenvalue weighted by atomic mass is 9.81. The van der Waals surface area contributed by atoms with Crippen molar-refractivity contribution in [2.45, 2.75) is 25.7 Å². The molecule has 23 heavy (non-hydrogen) atoms. The van der Waals surface area contributed by atoms with Gasteiger partial charge in [-0.1, -0.05) is 0 Å². The minimum absolute atomic E-state index is 0.0403. The predicted molar refractivity (Wildman–Crippen MR) is 85.1 cm³/mol. The van der Waals surface area contributed by atoms with Gasteiger partial charge in [0.1, 0.15) is 0 Å². The fourth-order valence-corrected chi connectivity index (χ4v) is 2.82. The van der Waals surface area contributed by atoms with E-state index in [0.29, 0.717) is 23.7 Å². The molecule has 1 aliphatic rings. The van der Waals surface area contributed by atoms with E-state index in [9.17, 15) is 14.4 Å². The second-order valence-corrected chi connectivity index (χ2v) is 5.83. The maximum Gasteiger partial charge on any atom is 0.404 e. The Morgan fingerprint density at radius 3 is 2.22 bits per heavy atom. The molecule has 0 radical (unpaired) electrons. The van der Waals surface area contributed by atoms with Crippen LogP contribution in [0.5, 0.6) is 0 Å². The van der Waals surface area contributed by atoms with E-state index in [1.807, 2.05) is 0 Å². The first-order chi connectivity index (χ1) is 11.0. The Morgan fingerprint density at radius 2 is 1.70 bits per heavy atom. The molecule has 0 aliphatic heterocycles. The van der Waals surface area contributed by atoms with E-state index in [1.54, 1.807) is 24.3 Å². The summed E-state index contributed by atoms with van der Waals surface area (Å²) in [5.41, 5.74) is 6.20. The summed E-state index contributed by atoms with van der Waals surface area (Å²) in [6.07, 6.45) is 2.15. The zero-order valence-electron chi connectivity index (χ0n) is 12.7. The van der Waals surface area contributed by atoms with Crippen molar-refractivity contribution in [3.05, 3.63) is 29.8 Å². The molecular weight excluding hydrogens is 298 g/mol. The van der Waals surface area contributed by atoms with Gasteiger partial charge in [-0.2, -0.15) is 0 Å². The molecule has 5 N–H and O–H groups in total. The first-order valence-electron chi connectivity index (χ1n) is 7.63. The molecule has 0 aromatic heterocycles. The van der Waals surface area contributed by atoms with E-state index in [2.05, 4.69) is 10.6 Å². The van der Waals surface area contributed by atoms with Gasteiger partial charge in [-0.15, -0.1) is 0 Å². The maximum absolute atomic E-state index is 12.2. The van der Waals surface area contributed by atoms with E-state index in [1.165, 1.54) is 0 Å². The number of anilines is 1. The average Bonchev–Trinajstić information content (AvgIpc) is 2.54. The lowest BCUT2D eigenvalue weighted by molar-refractivity contribution is -0.121. The minimum Gasteiger partial charge on any atom is -0.465 e. The summed E-state index contributed by atoms with van der Waals surface area (Å²) in [6, 6.07) is 6.46. The molecule has 0 spiro atoms. The van der Waals surface area contributed by atoms with Crippen LogP contribution >= 0.6 is 0 Å². The van der Waals surface area contributed by atoms with Crippen LogP contribution in [0.15, 0.2) is 24.3 Å². The number of carbonyl (C=O) groups is 3. The zero-order valence-corrected chi connectivity index (χ0v) is 12.7. The van der Waals surface area contributed by atoms with E-state index in [-0.39, 0.29) is 11.8 Å². The molecule has 0 unspecified atom stereocenters. The monoisotopic (exact) mass is 319 g/mol. The van der Waals surface area contributed by atoms with Crippen LogP contribution in [0.3, 0.4) is 0 Å². The number of primary amides is 1. The molecule has 7 nitrogen and oxygen atoms in total. The number of benzene rings is 1. The van der Waals surface area contributed by atoms with Gasteiger partial charge in [0.05, 0.1) is 0 Å². The summed E-state index contributed by atoms with van der Waals surface area (Å²) < 4.78 is 0. The molecule has 3 amide bonds. The fraction of sp³-hybridized carbons (Fsp3) is 0.438. The quantitative estimate of drug-likeness (QED) is 0.661. The smallest absolute Gasteiger partial charge is 0.404 e. The highest BCUT2D eigenvalue weighted by molar-refractivity contribution is 5.95. The standard InChI is InChI=1S/C16H21N3O4/c17-14(20)11-5-7-13(8-6-11)19-15(21)12-3-1-10(2-4-12)9-18-16(22)23/h5-8,10,12,18H,1-4,9H2,(H2,17,20)(H,19,21)(H,22,23). The van der Waals surface area contributed by atoms with Crippen LogP contribution in [0.1, 0.15) is 36.0 Å². The number of hydrogen-bond donors (Lipinski definition) is 4. The second-order valence-electron chi connectivity index (χ2n) is 5.83. The highest BCUT2D eigenvalue weighted by Crippen LogP contribution is 2.29. The van der Waals surface area contributed by atoms with Gasteiger partial charge in [0, 0.05) is 23.7 Å². The van der Waals surface area contributed by atoms with E-state index >= 15 is 0 Å². The summed E-state index contributed by atoms with van der Waals surface area (Å²) >= 11 is 0. The van der Waals surface area contributed by atoms with Crippen LogP contribution in [0.4, 0.5) is 10.5 Å². The number of nitrogens with two attached hydrogens (primary N) is 1. The Bertz CT molecular complexity index is 577. The van der Waals surface area contributed by atoms with Gasteiger partial charge >= 0.3 is 6.09 Å². The number of carboxylic acid groups (broad SMARTS) is 1. The van der Waals surface area contributed by atoms with Gasteiger partial charge in [0.15, 0.2) is 0 Å². The first kappa shape index (κ1) is 16.8. The van der Waals surface area contributed by atoms with Gasteiger partial charge in [0.25, 0.3) is 0 Å². The Hall–Kier alpha value is -2.57. The van der Waals surface area contributed by atoms with Gasteiger partial charge < -0.3 is 21.5 Å². The van der Waals surface area contributed by atoms with Gasteiger partial charge in [-0.25, -0.2) is 4.79 Å². The summed E-state index contributed by atoms with van der Waals surface area (Å²) in [7, 11) is 0. The lowest BCUT2D eigenvalue weighted by Crippen LogP contribution is -2.33. The zero-order chi connectivity index (χ0) is 16.8. The van der Waals surface area contributed by atoms with Gasteiger partial charge in [-0.05, 0) is 55.9 Å². The fourth-order valence-electron chi connectivity index (χ4n) is 2.82. The van der Waals surface area contributed by atoms with Crippen LogP contribution < -0.4 is 16.4 Å². The molecule has 7 heteroatoms. The largest absolute Gasteiger partial charge is 0.465 e. The second kappa shape index (κ2) is 7.62. The summed E-state index contributed by atoms with van der Waals surface area (Å²) in [6.45, 7) is 0.443. The molecule has 0 bridgehead atoms. The van der Waals surface area contributed by atoms with Crippen LogP contribution in [0.2, 0.25) is 0 Å². The molecule has 1 saturated carbocycles. The van der Waals surface area contributed by atoms with Crippen molar-refractivity contribution in [3.8, 4) is 0 Å². The normalized spacial score (nSPS) is 20.5. The van der Waals surface area contributed by atoms with Crippen LogP contribution in [-0.2, 0) is 4.79 Å². The summed E-state index contributed by atoms with van der Waals surface area (Å²) in [5, 5.41) is 13.8. The third-order valence-electron chi connectivity index (χ3n) is 4.20. The Labute approximate surface area is 134 Å². The molecule has 1 aromatic rings. The van der Waals surface area contributed by atoms with Crippen molar-refractivity contribution in [1.29, 1.82) is 0 Å². The van der Waals surface area contributed by atoms with Gasteiger partial charge in [0.2, 0.25) is 11.8 Å². The molecule has 0 saturated heterocycles. The van der Waals surface area contributed by atoms with Crippen LogP contribution in [-0.4, -0.2) is 29.6 Å². The minimum atomic E-state index is -1.01. The number of amides is 3. The van der Waals surface area contributed by atoms with Crippen molar-refractivity contribution in [2.24, 2.45) is 17.6 Å². The lowest BCUT2D eigenvalue weighted by Gasteiger charge is -2.27. The Kier molecular flexibility index (Phi) is 5.56. The summed E-state index contributed by atoms with van der Waals surface area (Å²) in [5.74, 6) is -0.311. The SMILES string of the molecule is NC(=O)c1ccc(NC(=O)C2CCC(CNC(=O)O)CC2)cc1. The molecule has 0 atom stereocenters. The highest BCUT2D eigenvalue weighted by Gasteiger charge is 2.26. The molecule has 1 aliphatic carbocycles. The third kappa shape index (κ3) is 4.98. The number of hydrogen-bond acceptors (Lipinski definition) is 3. The van der Waals surface area contributed by atoms with Crippen molar-refractivity contribution < 1.29 is 19.5 Å². The number of nitrogens with one attached hydrogen (secondary N) is 2. The van der Waals surface area contributed by atoms with Crippen molar-refractivity contribution in [3.63, 3.8) is 0 Å². The molecule has 0 heterocycles. The molecule has 1 fully saturated rings. The van der Waals surface area contributed by atoms with Crippen molar-refractivity contribution in [2.75, 3.05) is 11.9 Å². The first-order valence-corrected chi connectivity index (χ1v) is 7.63. The van der Waals surface area contributed by atoms with Crippen molar-refractivity contribution >= 4 is 23.6 Å². The number of carbonyl (C=O) groups excluding carboxylic acids is 2. The van der Waals surface area contributed by atoms with Crippen LogP contribution in [0.25, 0.3) is 0 Å². The third-order valence-corrected chi connectivity index (χ3v) is 4.20. The Balaban J connectivity index is 1.80. The molecule has 1 aromatic carbocycles. The van der Waals surface area contributed by atoms with E-state index < -0.39 is 12.0 Å². The average molecular weight is 319 g/mol.